The molecule has 6 heteroatoms. The number of halogens is 2. The van der Waals surface area contributed by atoms with Crippen molar-refractivity contribution in [3.8, 4) is 5.75 Å². The summed E-state index contributed by atoms with van der Waals surface area (Å²) >= 11 is 12.8. The Hall–Kier alpha value is -2.82. The molecule has 3 aromatic rings. The van der Waals surface area contributed by atoms with E-state index in [0.717, 1.165) is 52.6 Å². The quantitative estimate of drug-likeness (QED) is 0.207. The Morgan fingerprint density at radius 1 is 1.16 bits per heavy atom. The molecule has 0 fully saturated rings. The van der Waals surface area contributed by atoms with Gasteiger partial charge in [0, 0.05) is 22.5 Å². The number of esters is 1. The predicted octanol–water partition coefficient (Wildman–Crippen LogP) is 8.98. The van der Waals surface area contributed by atoms with Crippen molar-refractivity contribution in [2.75, 3.05) is 0 Å². The largest absolute Gasteiger partial charge is 0.484 e. The molecule has 0 spiro atoms. The van der Waals surface area contributed by atoms with Gasteiger partial charge in [0.1, 0.15) is 17.5 Å². The lowest BCUT2D eigenvalue weighted by Gasteiger charge is -2.31. The van der Waals surface area contributed by atoms with E-state index in [1.807, 2.05) is 76.2 Å². The van der Waals surface area contributed by atoms with Crippen LogP contribution < -0.4 is 4.74 Å². The molecule has 0 saturated carbocycles. The van der Waals surface area contributed by atoms with E-state index in [4.69, 9.17) is 32.7 Å². The summed E-state index contributed by atoms with van der Waals surface area (Å²) in [6.07, 6.45) is 10.4. The first-order chi connectivity index (χ1) is 18.1. The second-order valence-electron chi connectivity index (χ2n) is 10.8. The third-order valence-corrected chi connectivity index (χ3v) is 7.10. The molecule has 0 radical (unpaired) electrons. The smallest absolute Gasteiger partial charge is 0.338 e. The van der Waals surface area contributed by atoms with E-state index in [-0.39, 0.29) is 23.4 Å². The summed E-state index contributed by atoms with van der Waals surface area (Å²) in [6.45, 7) is 9.78. The number of aryl methyl sites for hydroxylation is 1. The van der Waals surface area contributed by atoms with E-state index in [0.29, 0.717) is 10.6 Å². The van der Waals surface area contributed by atoms with E-state index in [9.17, 15) is 4.79 Å². The minimum absolute atomic E-state index is 0.0275. The molecule has 0 bridgehead atoms. The molecule has 1 aromatic heterocycles. The Labute approximate surface area is 235 Å². The van der Waals surface area contributed by atoms with Crippen LogP contribution in [0, 0.1) is 6.92 Å². The normalized spacial score (nSPS) is 17.1. The summed E-state index contributed by atoms with van der Waals surface area (Å²) in [4.78, 5) is 17.2. The number of benzene rings is 2. The first-order valence-corrected chi connectivity index (χ1v) is 13.9. The van der Waals surface area contributed by atoms with Crippen LogP contribution in [0.15, 0.2) is 72.5 Å². The van der Waals surface area contributed by atoms with Crippen molar-refractivity contribution in [1.82, 2.24) is 4.98 Å². The Morgan fingerprint density at radius 2 is 1.89 bits per heavy atom. The lowest BCUT2D eigenvalue weighted by atomic mass is 9.83. The zero-order chi connectivity index (χ0) is 27.4. The molecular weight excluding hydrogens is 517 g/mol. The third-order valence-electron chi connectivity index (χ3n) is 6.56. The highest BCUT2D eigenvalue weighted by Gasteiger charge is 2.29. The maximum atomic E-state index is 12.6. The molecule has 2 aromatic carbocycles. The minimum atomic E-state index is -0.548. The first-order valence-electron chi connectivity index (χ1n) is 13.1. The van der Waals surface area contributed by atoms with E-state index in [2.05, 4.69) is 24.1 Å². The minimum Gasteiger partial charge on any atom is -0.484 e. The van der Waals surface area contributed by atoms with E-state index >= 15 is 0 Å². The van der Waals surface area contributed by atoms with E-state index in [1.165, 1.54) is 0 Å². The standard InChI is InChI=1S/C32H35Cl2NO3/c1-6-7-26(21-8-10-23(11-9-21)31(36)38-32(3,4)5)30(22-12-14-24(33)15-13-22)37-28-16-17-35-29-20(2)18-25(34)19-27(28)29/h8-14,16-19,24,26,30H,6-7,15H2,1-5H3/t24?,26-,30+/m1/s1. The number of aromatic nitrogens is 1. The molecule has 1 heterocycles. The molecule has 1 aliphatic rings. The van der Waals surface area contributed by atoms with E-state index in [1.54, 1.807) is 6.20 Å². The second-order valence-corrected chi connectivity index (χ2v) is 11.8. The molecule has 200 valence electrons. The highest BCUT2D eigenvalue weighted by atomic mass is 35.5. The second kappa shape index (κ2) is 11.9. The molecule has 3 atom stereocenters. The fourth-order valence-corrected chi connectivity index (χ4v) is 5.25. The van der Waals surface area contributed by atoms with Crippen molar-refractivity contribution in [3.63, 3.8) is 0 Å². The van der Waals surface area contributed by atoms with Crippen LogP contribution in [-0.2, 0) is 4.74 Å². The predicted molar refractivity (Wildman–Crippen MR) is 157 cm³/mol. The molecule has 4 nitrogen and oxygen atoms in total. The number of carbonyl (C=O) groups excluding carboxylic acids is 1. The Kier molecular flexibility index (Phi) is 8.85. The number of rotatable bonds is 8. The summed E-state index contributed by atoms with van der Waals surface area (Å²) in [5.74, 6) is 0.448. The SMILES string of the molecule is CCC[C@H](c1ccc(C(=O)OC(C)(C)C)cc1)[C@@H](Oc1ccnc2c(C)cc(Cl)cc12)C1=CCC(Cl)C=C1. The van der Waals surface area contributed by atoms with Gasteiger partial charge >= 0.3 is 5.97 Å². The van der Waals surface area contributed by atoms with Gasteiger partial charge in [-0.3, -0.25) is 4.98 Å². The number of allylic oxidation sites excluding steroid dienone is 2. The zero-order valence-corrected chi connectivity index (χ0v) is 24.1. The van der Waals surface area contributed by atoms with Gasteiger partial charge in [-0.15, -0.1) is 11.6 Å². The lowest BCUT2D eigenvalue weighted by Crippen LogP contribution is -2.28. The monoisotopic (exact) mass is 551 g/mol. The Bertz CT molecular complexity index is 1360. The van der Waals surface area contributed by atoms with Gasteiger partial charge < -0.3 is 9.47 Å². The number of fused-ring (bicyclic) bond motifs is 1. The van der Waals surface area contributed by atoms with Crippen LogP contribution in [0.2, 0.25) is 5.02 Å². The summed E-state index contributed by atoms with van der Waals surface area (Å²) in [5.41, 5.74) is 4.03. The highest BCUT2D eigenvalue weighted by Crippen LogP contribution is 2.37. The van der Waals surface area contributed by atoms with Gasteiger partial charge in [0.2, 0.25) is 0 Å². The molecular formula is C32H35Cl2NO3. The summed E-state index contributed by atoms with van der Waals surface area (Å²) in [7, 11) is 0. The topological polar surface area (TPSA) is 48.4 Å². The van der Waals surface area contributed by atoms with Crippen LogP contribution >= 0.6 is 23.2 Å². The number of nitrogens with zero attached hydrogens (tertiary/aromatic N) is 1. The van der Waals surface area contributed by atoms with E-state index < -0.39 is 5.60 Å². The molecule has 1 aliphatic carbocycles. The van der Waals surface area contributed by atoms with Gasteiger partial charge in [-0.25, -0.2) is 4.79 Å². The van der Waals surface area contributed by atoms with Gasteiger partial charge in [-0.1, -0.05) is 55.3 Å². The van der Waals surface area contributed by atoms with Crippen LogP contribution in [0.3, 0.4) is 0 Å². The van der Waals surface area contributed by atoms with Gasteiger partial charge in [0.25, 0.3) is 0 Å². The van der Waals surface area contributed by atoms with Crippen molar-refractivity contribution in [2.24, 2.45) is 0 Å². The van der Waals surface area contributed by atoms with Crippen molar-refractivity contribution >= 4 is 40.1 Å². The third kappa shape index (κ3) is 6.78. The fourth-order valence-electron chi connectivity index (χ4n) is 4.82. The molecule has 1 unspecified atom stereocenters. The molecule has 0 amide bonds. The maximum absolute atomic E-state index is 12.6. The van der Waals surface area contributed by atoms with Crippen LogP contribution in [0.1, 0.15) is 74.4 Å². The number of ether oxygens (including phenoxy) is 2. The maximum Gasteiger partial charge on any atom is 0.338 e. The van der Waals surface area contributed by atoms with Crippen molar-refractivity contribution < 1.29 is 14.3 Å². The molecule has 0 aliphatic heterocycles. The fraction of sp³-hybridized carbons (Fsp3) is 0.375. The average Bonchev–Trinajstić information content (AvgIpc) is 2.86. The van der Waals surface area contributed by atoms with Crippen LogP contribution in [0.5, 0.6) is 5.75 Å². The van der Waals surface area contributed by atoms with Crippen molar-refractivity contribution in [2.45, 2.75) is 76.9 Å². The Morgan fingerprint density at radius 3 is 2.53 bits per heavy atom. The van der Waals surface area contributed by atoms with Crippen LogP contribution in [0.4, 0.5) is 0 Å². The summed E-state index contributed by atoms with van der Waals surface area (Å²) < 4.78 is 12.4. The van der Waals surface area contributed by atoms with Crippen LogP contribution in [0.25, 0.3) is 10.9 Å². The van der Waals surface area contributed by atoms with Gasteiger partial charge in [-0.2, -0.15) is 0 Å². The lowest BCUT2D eigenvalue weighted by molar-refractivity contribution is 0.00695. The first kappa shape index (κ1) is 28.2. The molecule has 0 N–H and O–H groups in total. The zero-order valence-electron chi connectivity index (χ0n) is 22.6. The highest BCUT2D eigenvalue weighted by molar-refractivity contribution is 6.31. The van der Waals surface area contributed by atoms with Gasteiger partial charge in [0.05, 0.1) is 16.5 Å². The molecule has 0 saturated heterocycles. The average molecular weight is 553 g/mol. The van der Waals surface area contributed by atoms with Crippen molar-refractivity contribution in [3.05, 3.63) is 94.2 Å². The number of carbonyl (C=O) groups is 1. The van der Waals surface area contributed by atoms with Gasteiger partial charge in [0.15, 0.2) is 0 Å². The number of pyridine rings is 1. The Balaban J connectivity index is 1.74. The van der Waals surface area contributed by atoms with Crippen molar-refractivity contribution in [1.29, 1.82) is 0 Å². The molecule has 38 heavy (non-hydrogen) atoms. The summed E-state index contributed by atoms with van der Waals surface area (Å²) in [6, 6.07) is 13.4. The number of alkyl halides is 1. The summed E-state index contributed by atoms with van der Waals surface area (Å²) in [5, 5.41) is 1.50. The van der Waals surface area contributed by atoms with Crippen LogP contribution in [-0.4, -0.2) is 28.0 Å². The number of hydrogen-bond donors (Lipinski definition) is 0. The van der Waals surface area contributed by atoms with Gasteiger partial charge in [-0.05, 0) is 87.6 Å². The number of hydrogen-bond acceptors (Lipinski definition) is 4. The molecule has 4 rings (SSSR count).